The predicted octanol–water partition coefficient (Wildman–Crippen LogP) is 2.03. The van der Waals surface area contributed by atoms with Crippen molar-refractivity contribution in [3.8, 4) is 0 Å². The monoisotopic (exact) mass is 341 g/mol. The Hall–Kier alpha value is -1.40. The number of hydrogen-bond acceptors (Lipinski definition) is 4. The van der Waals surface area contributed by atoms with Crippen molar-refractivity contribution in [3.63, 3.8) is 0 Å². The van der Waals surface area contributed by atoms with Crippen molar-refractivity contribution >= 4 is 15.7 Å². The molecule has 6 heteroatoms. The molecule has 0 saturated heterocycles. The normalized spacial score (nSPS) is 13.0. The van der Waals surface area contributed by atoms with Crippen LogP contribution in [-0.2, 0) is 20.0 Å². The van der Waals surface area contributed by atoms with Gasteiger partial charge in [0.1, 0.15) is 0 Å². The molecule has 0 saturated carbocycles. The van der Waals surface area contributed by atoms with Crippen LogP contribution >= 0.6 is 0 Å². The van der Waals surface area contributed by atoms with Gasteiger partial charge in [-0.25, -0.2) is 8.42 Å². The minimum atomic E-state index is -3.49. The Kier molecular flexibility index (Phi) is 5.99. The lowest BCUT2D eigenvalue weighted by Gasteiger charge is -2.19. The largest absolute Gasteiger partial charge is 0.389 e. The first kappa shape index (κ1) is 19.6. The third-order valence-electron chi connectivity index (χ3n) is 3.40. The van der Waals surface area contributed by atoms with Crippen molar-refractivity contribution in [2.45, 2.75) is 57.0 Å². The molecule has 0 bridgehead atoms. The first-order chi connectivity index (χ1) is 10.3. The second-order valence-electron chi connectivity index (χ2n) is 7.43. The number of rotatable bonds is 6. The van der Waals surface area contributed by atoms with Gasteiger partial charge in [-0.05, 0) is 37.0 Å². The van der Waals surface area contributed by atoms with Gasteiger partial charge in [-0.2, -0.15) is 0 Å². The molecule has 0 aliphatic carbocycles. The van der Waals surface area contributed by atoms with Crippen molar-refractivity contribution in [2.75, 3.05) is 12.3 Å². The number of amides is 1. The van der Waals surface area contributed by atoms with Gasteiger partial charge in [0, 0.05) is 13.0 Å². The Labute approximate surface area is 139 Å². The summed E-state index contributed by atoms with van der Waals surface area (Å²) in [7, 11) is -3.49. The molecule has 130 valence electrons. The number of nitrogens with one attached hydrogen (secondary N) is 1. The van der Waals surface area contributed by atoms with Crippen LogP contribution in [-0.4, -0.2) is 37.3 Å². The summed E-state index contributed by atoms with van der Waals surface area (Å²) in [5.74, 6) is -0.637. The van der Waals surface area contributed by atoms with Crippen LogP contribution in [0, 0.1) is 0 Å². The summed E-state index contributed by atoms with van der Waals surface area (Å²) in [4.78, 5) is 11.9. The van der Waals surface area contributed by atoms with E-state index in [0.29, 0.717) is 0 Å². The summed E-state index contributed by atoms with van der Waals surface area (Å²) in [6.45, 7) is 9.41. The van der Waals surface area contributed by atoms with Gasteiger partial charge in [-0.1, -0.05) is 32.9 Å². The Bertz CT molecular complexity index is 635. The highest BCUT2D eigenvalue weighted by molar-refractivity contribution is 7.91. The van der Waals surface area contributed by atoms with Crippen molar-refractivity contribution in [3.05, 3.63) is 29.8 Å². The average Bonchev–Trinajstić information content (AvgIpc) is 2.41. The number of hydrogen-bond donors (Lipinski definition) is 2. The van der Waals surface area contributed by atoms with E-state index in [0.717, 1.165) is 5.56 Å². The molecule has 0 unspecified atom stereocenters. The predicted molar refractivity (Wildman–Crippen MR) is 91.1 cm³/mol. The molecule has 1 amide bonds. The maximum atomic E-state index is 12.3. The van der Waals surface area contributed by atoms with Gasteiger partial charge >= 0.3 is 0 Å². The lowest BCUT2D eigenvalue weighted by Crippen LogP contribution is -2.38. The summed E-state index contributed by atoms with van der Waals surface area (Å²) in [5, 5.41) is 12.1. The topological polar surface area (TPSA) is 83.5 Å². The SMILES string of the molecule is CC(C)(O)CNC(=O)CCS(=O)(=O)c1ccc(C(C)(C)C)cc1. The van der Waals surface area contributed by atoms with E-state index in [1.165, 1.54) is 0 Å². The highest BCUT2D eigenvalue weighted by atomic mass is 32.2. The summed E-state index contributed by atoms with van der Waals surface area (Å²) in [6, 6.07) is 6.79. The van der Waals surface area contributed by atoms with Crippen LogP contribution < -0.4 is 5.32 Å². The molecule has 0 spiro atoms. The smallest absolute Gasteiger partial charge is 0.221 e. The molecule has 0 atom stereocenters. The third-order valence-corrected chi connectivity index (χ3v) is 5.13. The van der Waals surface area contributed by atoms with Gasteiger partial charge in [0.15, 0.2) is 9.84 Å². The van der Waals surface area contributed by atoms with Crippen molar-refractivity contribution in [1.29, 1.82) is 0 Å². The molecule has 0 aliphatic rings. The van der Waals surface area contributed by atoms with E-state index in [4.69, 9.17) is 0 Å². The first-order valence-corrected chi connectivity index (χ1v) is 9.29. The molecule has 1 aromatic rings. The lowest BCUT2D eigenvalue weighted by atomic mass is 9.87. The van der Waals surface area contributed by atoms with Crippen LogP contribution in [0.3, 0.4) is 0 Å². The zero-order valence-electron chi connectivity index (χ0n) is 14.5. The molecule has 0 heterocycles. The fourth-order valence-electron chi connectivity index (χ4n) is 1.91. The number of aliphatic hydroxyl groups is 1. The molecule has 0 radical (unpaired) electrons. The van der Waals surface area contributed by atoms with Crippen LogP contribution in [0.15, 0.2) is 29.2 Å². The summed E-state index contributed by atoms with van der Waals surface area (Å²) in [6.07, 6.45) is -0.126. The Morgan fingerprint density at radius 3 is 2.04 bits per heavy atom. The minimum absolute atomic E-state index is 0.0424. The van der Waals surface area contributed by atoms with Crippen LogP contribution in [0.2, 0.25) is 0 Å². The second-order valence-corrected chi connectivity index (χ2v) is 9.54. The zero-order chi connectivity index (χ0) is 17.9. The molecule has 0 aliphatic heterocycles. The Morgan fingerprint density at radius 2 is 1.61 bits per heavy atom. The van der Waals surface area contributed by atoms with E-state index < -0.39 is 15.4 Å². The Balaban J connectivity index is 2.68. The average molecular weight is 341 g/mol. The third kappa shape index (κ3) is 6.71. The van der Waals surface area contributed by atoms with E-state index >= 15 is 0 Å². The summed E-state index contributed by atoms with van der Waals surface area (Å²) < 4.78 is 24.5. The fourth-order valence-corrected chi connectivity index (χ4v) is 3.15. The maximum absolute atomic E-state index is 12.3. The van der Waals surface area contributed by atoms with E-state index in [2.05, 4.69) is 26.1 Å². The van der Waals surface area contributed by atoms with E-state index in [1.807, 2.05) is 0 Å². The fraction of sp³-hybridized carbons (Fsp3) is 0.588. The van der Waals surface area contributed by atoms with Gasteiger partial charge < -0.3 is 10.4 Å². The summed E-state index contributed by atoms with van der Waals surface area (Å²) >= 11 is 0. The molecule has 1 aromatic carbocycles. The van der Waals surface area contributed by atoms with Gasteiger partial charge in [0.05, 0.1) is 16.2 Å². The molecule has 5 nitrogen and oxygen atoms in total. The van der Waals surface area contributed by atoms with Crippen molar-refractivity contribution in [1.82, 2.24) is 5.32 Å². The van der Waals surface area contributed by atoms with E-state index in [9.17, 15) is 18.3 Å². The summed E-state index contributed by atoms with van der Waals surface area (Å²) in [5.41, 5.74) is -0.00396. The molecular formula is C17H27NO4S. The molecule has 1 rings (SSSR count). The zero-order valence-corrected chi connectivity index (χ0v) is 15.3. The molecule has 23 heavy (non-hydrogen) atoms. The second kappa shape index (κ2) is 7.01. The highest BCUT2D eigenvalue weighted by Crippen LogP contribution is 2.23. The quantitative estimate of drug-likeness (QED) is 0.829. The van der Waals surface area contributed by atoms with Gasteiger partial charge in [0.25, 0.3) is 0 Å². The highest BCUT2D eigenvalue weighted by Gasteiger charge is 2.20. The standard InChI is InChI=1S/C17H27NO4S/c1-16(2,3)13-6-8-14(9-7-13)23(21,22)11-10-15(19)18-12-17(4,5)20/h6-9,20H,10-12H2,1-5H3,(H,18,19). The van der Waals surface area contributed by atoms with Gasteiger partial charge in [-0.15, -0.1) is 0 Å². The Morgan fingerprint density at radius 1 is 1.09 bits per heavy atom. The van der Waals surface area contributed by atoms with Gasteiger partial charge in [-0.3, -0.25) is 4.79 Å². The van der Waals surface area contributed by atoms with Crippen molar-refractivity contribution in [2.24, 2.45) is 0 Å². The molecular weight excluding hydrogens is 314 g/mol. The maximum Gasteiger partial charge on any atom is 0.221 e. The van der Waals surface area contributed by atoms with Crippen LogP contribution in [0.5, 0.6) is 0 Å². The van der Waals surface area contributed by atoms with Gasteiger partial charge in [0.2, 0.25) is 5.91 Å². The van der Waals surface area contributed by atoms with Crippen LogP contribution in [0.1, 0.15) is 46.6 Å². The van der Waals surface area contributed by atoms with Crippen molar-refractivity contribution < 1.29 is 18.3 Å². The van der Waals surface area contributed by atoms with E-state index in [1.54, 1.807) is 38.1 Å². The first-order valence-electron chi connectivity index (χ1n) is 7.64. The van der Waals surface area contributed by atoms with Crippen LogP contribution in [0.4, 0.5) is 0 Å². The lowest BCUT2D eigenvalue weighted by molar-refractivity contribution is -0.121. The molecule has 0 aromatic heterocycles. The van der Waals surface area contributed by atoms with Crippen LogP contribution in [0.25, 0.3) is 0 Å². The molecule has 0 fully saturated rings. The number of benzene rings is 1. The molecule has 2 N–H and O–H groups in total. The number of carbonyl (C=O) groups excluding carboxylic acids is 1. The minimum Gasteiger partial charge on any atom is -0.389 e. The van der Waals surface area contributed by atoms with E-state index in [-0.39, 0.29) is 34.9 Å². The number of sulfone groups is 1. The number of carbonyl (C=O) groups is 1.